The lowest BCUT2D eigenvalue weighted by molar-refractivity contribution is 0.0697. The van der Waals surface area contributed by atoms with Gasteiger partial charge in [0.15, 0.2) is 17.5 Å². The molecular weight excluding hydrogens is 281 g/mol. The number of halogens is 4. The fourth-order valence-corrected chi connectivity index (χ4v) is 1.83. The van der Waals surface area contributed by atoms with Gasteiger partial charge in [-0.1, -0.05) is 17.7 Å². The quantitative estimate of drug-likeness (QED) is 0.843. The number of carboxylic acids is 1. The van der Waals surface area contributed by atoms with Gasteiger partial charge in [-0.15, -0.1) is 0 Å². The zero-order valence-electron chi connectivity index (χ0n) is 9.25. The molecule has 2 aromatic rings. The number of hydrogen-bond acceptors (Lipinski definition) is 1. The molecule has 19 heavy (non-hydrogen) atoms. The summed E-state index contributed by atoms with van der Waals surface area (Å²) in [5.41, 5.74) is -0.252. The molecule has 0 aliphatic heterocycles. The maximum Gasteiger partial charge on any atom is 0.336 e. The van der Waals surface area contributed by atoms with E-state index in [1.54, 1.807) is 0 Å². The highest BCUT2D eigenvalue weighted by Gasteiger charge is 2.16. The summed E-state index contributed by atoms with van der Waals surface area (Å²) in [5, 5.41) is 9.19. The number of rotatable bonds is 2. The van der Waals surface area contributed by atoms with E-state index in [2.05, 4.69) is 0 Å². The Hall–Kier alpha value is -2.01. The first-order valence-electron chi connectivity index (χ1n) is 5.08. The van der Waals surface area contributed by atoms with Crippen molar-refractivity contribution in [2.24, 2.45) is 0 Å². The summed E-state index contributed by atoms with van der Waals surface area (Å²) in [6.07, 6.45) is 0. The second-order valence-corrected chi connectivity index (χ2v) is 4.19. The SMILES string of the molecule is O=C(O)c1cc(Cl)ccc1-c1cc(F)c(F)c(F)c1. The van der Waals surface area contributed by atoms with Crippen LogP contribution in [0.5, 0.6) is 0 Å². The number of hydrogen-bond donors (Lipinski definition) is 1. The molecule has 0 aliphatic rings. The average Bonchev–Trinajstić information content (AvgIpc) is 2.35. The second kappa shape index (κ2) is 4.93. The molecule has 0 unspecified atom stereocenters. The van der Waals surface area contributed by atoms with Crippen LogP contribution >= 0.6 is 11.6 Å². The highest BCUT2D eigenvalue weighted by molar-refractivity contribution is 6.31. The Kier molecular flexibility index (Phi) is 3.48. The van der Waals surface area contributed by atoms with Crippen molar-refractivity contribution in [3.05, 3.63) is 58.4 Å². The molecular formula is C13H6ClF3O2. The van der Waals surface area contributed by atoms with Crippen LogP contribution in [0.2, 0.25) is 5.02 Å². The summed E-state index contributed by atoms with van der Waals surface area (Å²) >= 11 is 5.66. The first-order chi connectivity index (χ1) is 8.90. The first kappa shape index (κ1) is 13.4. The summed E-state index contributed by atoms with van der Waals surface area (Å²) < 4.78 is 39.2. The first-order valence-corrected chi connectivity index (χ1v) is 5.45. The van der Waals surface area contributed by atoms with Crippen LogP contribution in [0.25, 0.3) is 11.1 Å². The van der Waals surface area contributed by atoms with Gasteiger partial charge in [-0.05, 0) is 35.4 Å². The third-order valence-electron chi connectivity index (χ3n) is 2.51. The van der Waals surface area contributed by atoms with E-state index >= 15 is 0 Å². The number of carboxylic acid groups (broad SMARTS) is 1. The molecule has 0 atom stereocenters. The lowest BCUT2D eigenvalue weighted by Gasteiger charge is -2.08. The molecule has 0 saturated carbocycles. The highest BCUT2D eigenvalue weighted by atomic mass is 35.5. The van der Waals surface area contributed by atoms with Crippen molar-refractivity contribution in [1.82, 2.24) is 0 Å². The average molecular weight is 287 g/mol. The van der Waals surface area contributed by atoms with Gasteiger partial charge in [0.1, 0.15) is 0 Å². The van der Waals surface area contributed by atoms with Gasteiger partial charge in [-0.3, -0.25) is 0 Å². The number of benzene rings is 2. The molecule has 0 spiro atoms. The summed E-state index contributed by atoms with van der Waals surface area (Å²) in [6.45, 7) is 0. The molecule has 2 rings (SSSR count). The van der Waals surface area contributed by atoms with Gasteiger partial charge >= 0.3 is 5.97 Å². The molecule has 98 valence electrons. The molecule has 1 N–H and O–H groups in total. The largest absolute Gasteiger partial charge is 0.478 e. The minimum Gasteiger partial charge on any atom is -0.478 e. The zero-order chi connectivity index (χ0) is 14.2. The molecule has 0 amide bonds. The van der Waals surface area contributed by atoms with Crippen molar-refractivity contribution in [3.63, 3.8) is 0 Å². The molecule has 6 heteroatoms. The van der Waals surface area contributed by atoms with Crippen LogP contribution in [0.4, 0.5) is 13.2 Å². The summed E-state index contributed by atoms with van der Waals surface area (Å²) in [6, 6.07) is 5.29. The van der Waals surface area contributed by atoms with Crippen LogP contribution in [0, 0.1) is 17.5 Å². The minimum absolute atomic E-state index is 0.0506. The summed E-state index contributed by atoms with van der Waals surface area (Å²) in [7, 11) is 0. The Morgan fingerprint density at radius 2 is 1.63 bits per heavy atom. The Morgan fingerprint density at radius 1 is 1.05 bits per heavy atom. The van der Waals surface area contributed by atoms with Crippen molar-refractivity contribution in [3.8, 4) is 11.1 Å². The van der Waals surface area contributed by atoms with Gasteiger partial charge in [0.2, 0.25) is 0 Å². The van der Waals surface area contributed by atoms with E-state index in [-0.39, 0.29) is 21.7 Å². The fourth-order valence-electron chi connectivity index (χ4n) is 1.66. The van der Waals surface area contributed by atoms with Crippen molar-refractivity contribution >= 4 is 17.6 Å². The highest BCUT2D eigenvalue weighted by Crippen LogP contribution is 2.29. The van der Waals surface area contributed by atoms with E-state index in [0.717, 1.165) is 18.2 Å². The van der Waals surface area contributed by atoms with Crippen LogP contribution in [0.15, 0.2) is 30.3 Å². The lowest BCUT2D eigenvalue weighted by atomic mass is 9.99. The third-order valence-corrected chi connectivity index (χ3v) is 2.74. The van der Waals surface area contributed by atoms with E-state index in [4.69, 9.17) is 16.7 Å². The van der Waals surface area contributed by atoms with E-state index in [0.29, 0.717) is 0 Å². The van der Waals surface area contributed by atoms with E-state index in [1.165, 1.54) is 12.1 Å². The van der Waals surface area contributed by atoms with Crippen molar-refractivity contribution in [1.29, 1.82) is 0 Å². The standard InChI is InChI=1S/C13H6ClF3O2/c14-7-1-2-8(9(5-7)13(18)19)6-3-10(15)12(17)11(16)4-6/h1-5H,(H,18,19). The minimum atomic E-state index is -1.60. The monoisotopic (exact) mass is 286 g/mol. The number of carbonyl (C=O) groups is 1. The smallest absolute Gasteiger partial charge is 0.336 e. The van der Waals surface area contributed by atoms with Gasteiger partial charge in [-0.2, -0.15) is 0 Å². The molecule has 0 fully saturated rings. The van der Waals surface area contributed by atoms with Crippen molar-refractivity contribution in [2.75, 3.05) is 0 Å². The molecule has 0 aliphatic carbocycles. The molecule has 0 radical (unpaired) electrons. The van der Waals surface area contributed by atoms with Crippen LogP contribution in [-0.2, 0) is 0 Å². The van der Waals surface area contributed by atoms with Crippen LogP contribution < -0.4 is 0 Å². The normalized spacial score (nSPS) is 10.5. The molecule has 0 heterocycles. The lowest BCUT2D eigenvalue weighted by Crippen LogP contribution is -2.01. The van der Waals surface area contributed by atoms with E-state index < -0.39 is 23.4 Å². The van der Waals surface area contributed by atoms with Crippen molar-refractivity contribution in [2.45, 2.75) is 0 Å². The Morgan fingerprint density at radius 3 is 2.16 bits per heavy atom. The Labute approximate surface area is 111 Å². The molecule has 0 saturated heterocycles. The third kappa shape index (κ3) is 2.56. The maximum absolute atomic E-state index is 13.1. The summed E-state index contributed by atoms with van der Waals surface area (Å²) in [4.78, 5) is 11.1. The van der Waals surface area contributed by atoms with Crippen molar-refractivity contribution < 1.29 is 23.1 Å². The maximum atomic E-state index is 13.1. The van der Waals surface area contributed by atoms with Gasteiger partial charge in [0, 0.05) is 5.02 Å². The van der Waals surface area contributed by atoms with E-state index in [1.807, 2.05) is 0 Å². The predicted molar refractivity (Wildman–Crippen MR) is 63.7 cm³/mol. The van der Waals surface area contributed by atoms with Gasteiger partial charge in [-0.25, -0.2) is 18.0 Å². The van der Waals surface area contributed by atoms with Crippen LogP contribution in [0.1, 0.15) is 10.4 Å². The molecule has 2 nitrogen and oxygen atoms in total. The summed E-state index contributed by atoms with van der Waals surface area (Å²) in [5.74, 6) is -5.68. The van der Waals surface area contributed by atoms with Gasteiger partial charge in [0.05, 0.1) is 5.56 Å². The topological polar surface area (TPSA) is 37.3 Å². The zero-order valence-corrected chi connectivity index (χ0v) is 10.0. The number of aromatic carboxylic acids is 1. The van der Waals surface area contributed by atoms with E-state index in [9.17, 15) is 18.0 Å². The second-order valence-electron chi connectivity index (χ2n) is 3.75. The molecule has 2 aromatic carbocycles. The Bertz CT molecular complexity index is 648. The molecule has 0 bridgehead atoms. The fraction of sp³-hybridized carbons (Fsp3) is 0. The van der Waals surface area contributed by atoms with Crippen LogP contribution in [0.3, 0.4) is 0 Å². The molecule has 0 aromatic heterocycles. The van der Waals surface area contributed by atoms with Gasteiger partial charge < -0.3 is 5.11 Å². The predicted octanol–water partition coefficient (Wildman–Crippen LogP) is 4.12. The van der Waals surface area contributed by atoms with Crippen LogP contribution in [-0.4, -0.2) is 11.1 Å². The Balaban J connectivity index is 2.68. The van der Waals surface area contributed by atoms with Gasteiger partial charge in [0.25, 0.3) is 0 Å².